The Morgan fingerprint density at radius 1 is 1.45 bits per heavy atom. The molecule has 1 rings (SSSR count). The first-order chi connectivity index (χ1) is 9.38. The van der Waals surface area contributed by atoms with Gasteiger partial charge in [0.1, 0.15) is 0 Å². The number of carboxylic acids is 1. The summed E-state index contributed by atoms with van der Waals surface area (Å²) in [4.78, 5) is 13.2. The van der Waals surface area contributed by atoms with Crippen LogP contribution in [0.4, 0.5) is 0 Å². The number of nitrogens with zero attached hydrogens (tertiary/aromatic N) is 1. The smallest absolute Gasteiger partial charge is 0.306 e. The standard InChI is InChI=1S/C15H30N2O3/c1-4-12(2)17(3)10-9-16-11-15(20)7-5-13(6-8-15)14(18)19/h12-13,16,20H,4-11H2,1-3H3,(H,18,19). The Kier molecular flexibility index (Phi) is 6.92. The summed E-state index contributed by atoms with van der Waals surface area (Å²) in [6.45, 7) is 6.76. The molecule has 1 atom stereocenters. The summed E-state index contributed by atoms with van der Waals surface area (Å²) in [5.41, 5.74) is -0.721. The van der Waals surface area contributed by atoms with E-state index in [-0.39, 0.29) is 5.92 Å². The van der Waals surface area contributed by atoms with Crippen molar-refractivity contribution in [3.8, 4) is 0 Å². The van der Waals surface area contributed by atoms with E-state index in [9.17, 15) is 9.90 Å². The van der Waals surface area contributed by atoms with E-state index >= 15 is 0 Å². The maximum atomic E-state index is 10.9. The van der Waals surface area contributed by atoms with Gasteiger partial charge in [-0.1, -0.05) is 6.92 Å². The van der Waals surface area contributed by atoms with Gasteiger partial charge in [0, 0.05) is 25.7 Å². The molecule has 20 heavy (non-hydrogen) atoms. The van der Waals surface area contributed by atoms with Crippen LogP contribution in [0.2, 0.25) is 0 Å². The number of nitrogens with one attached hydrogen (secondary N) is 1. The molecule has 0 heterocycles. The SMILES string of the molecule is CCC(C)N(C)CCNCC1(O)CCC(C(=O)O)CC1. The van der Waals surface area contributed by atoms with Gasteiger partial charge in [-0.25, -0.2) is 0 Å². The second kappa shape index (κ2) is 7.96. The van der Waals surface area contributed by atoms with E-state index in [0.29, 0.717) is 38.3 Å². The Labute approximate surface area is 122 Å². The van der Waals surface area contributed by atoms with Crippen LogP contribution in [0.1, 0.15) is 46.0 Å². The van der Waals surface area contributed by atoms with Crippen molar-refractivity contribution in [1.29, 1.82) is 0 Å². The molecule has 3 N–H and O–H groups in total. The summed E-state index contributed by atoms with van der Waals surface area (Å²) < 4.78 is 0. The lowest BCUT2D eigenvalue weighted by Gasteiger charge is -2.35. The molecule has 0 radical (unpaired) electrons. The van der Waals surface area contributed by atoms with Crippen molar-refractivity contribution in [2.75, 3.05) is 26.7 Å². The first-order valence-electron chi connectivity index (χ1n) is 7.74. The molecule has 1 aliphatic carbocycles. The summed E-state index contributed by atoms with van der Waals surface area (Å²) in [6.07, 6.45) is 3.47. The maximum absolute atomic E-state index is 10.9. The highest BCUT2D eigenvalue weighted by Crippen LogP contribution is 2.31. The molecule has 0 aromatic rings. The second-order valence-corrected chi connectivity index (χ2v) is 6.25. The van der Waals surface area contributed by atoms with E-state index < -0.39 is 11.6 Å². The van der Waals surface area contributed by atoms with Crippen LogP contribution in [0.5, 0.6) is 0 Å². The monoisotopic (exact) mass is 286 g/mol. The van der Waals surface area contributed by atoms with Gasteiger partial charge in [0.15, 0.2) is 0 Å². The Morgan fingerprint density at radius 3 is 2.55 bits per heavy atom. The van der Waals surface area contributed by atoms with Crippen molar-refractivity contribution in [1.82, 2.24) is 10.2 Å². The van der Waals surface area contributed by atoms with Gasteiger partial charge in [0.2, 0.25) is 0 Å². The number of carboxylic acid groups (broad SMARTS) is 1. The quantitative estimate of drug-likeness (QED) is 0.587. The average Bonchev–Trinajstić information content (AvgIpc) is 2.43. The fraction of sp³-hybridized carbons (Fsp3) is 0.933. The minimum Gasteiger partial charge on any atom is -0.481 e. The van der Waals surface area contributed by atoms with Crippen molar-refractivity contribution in [2.24, 2.45) is 5.92 Å². The lowest BCUT2D eigenvalue weighted by atomic mass is 9.79. The number of hydrogen-bond donors (Lipinski definition) is 3. The van der Waals surface area contributed by atoms with Crippen LogP contribution >= 0.6 is 0 Å². The molecular weight excluding hydrogens is 256 g/mol. The van der Waals surface area contributed by atoms with Crippen LogP contribution in [0.15, 0.2) is 0 Å². The molecule has 0 aromatic carbocycles. The maximum Gasteiger partial charge on any atom is 0.306 e. The normalized spacial score (nSPS) is 28.6. The fourth-order valence-corrected chi connectivity index (χ4v) is 2.69. The van der Waals surface area contributed by atoms with Crippen molar-refractivity contribution < 1.29 is 15.0 Å². The van der Waals surface area contributed by atoms with Crippen LogP contribution in [-0.2, 0) is 4.79 Å². The Morgan fingerprint density at radius 2 is 2.05 bits per heavy atom. The van der Waals surface area contributed by atoms with E-state index in [1.54, 1.807) is 0 Å². The first kappa shape index (κ1) is 17.4. The minimum absolute atomic E-state index is 0.271. The fourth-order valence-electron chi connectivity index (χ4n) is 2.69. The van der Waals surface area contributed by atoms with Crippen molar-refractivity contribution in [3.05, 3.63) is 0 Å². The van der Waals surface area contributed by atoms with Gasteiger partial charge in [-0.15, -0.1) is 0 Å². The number of aliphatic hydroxyl groups is 1. The Hall–Kier alpha value is -0.650. The van der Waals surface area contributed by atoms with Crippen molar-refractivity contribution in [2.45, 2.75) is 57.6 Å². The molecule has 1 fully saturated rings. The summed E-state index contributed by atoms with van der Waals surface area (Å²) in [7, 11) is 2.11. The summed E-state index contributed by atoms with van der Waals surface area (Å²) in [5.74, 6) is -0.998. The molecule has 5 heteroatoms. The predicted octanol–water partition coefficient (Wildman–Crippen LogP) is 1.31. The van der Waals surface area contributed by atoms with E-state index in [2.05, 4.69) is 31.1 Å². The molecule has 5 nitrogen and oxygen atoms in total. The topological polar surface area (TPSA) is 72.8 Å². The number of carbonyl (C=O) groups is 1. The van der Waals surface area contributed by atoms with Gasteiger partial charge >= 0.3 is 5.97 Å². The molecule has 0 aromatic heterocycles. The molecule has 0 spiro atoms. The third-order valence-electron chi connectivity index (χ3n) is 4.70. The molecule has 118 valence electrons. The van der Waals surface area contributed by atoms with Crippen LogP contribution in [0.3, 0.4) is 0 Å². The molecule has 0 saturated heterocycles. The third kappa shape index (κ3) is 5.38. The van der Waals surface area contributed by atoms with E-state index in [1.165, 1.54) is 0 Å². The van der Waals surface area contributed by atoms with E-state index in [1.807, 2.05) is 0 Å². The zero-order valence-corrected chi connectivity index (χ0v) is 13.1. The molecule has 1 aliphatic rings. The lowest BCUT2D eigenvalue weighted by molar-refractivity contribution is -0.144. The summed E-state index contributed by atoms with van der Waals surface area (Å²) >= 11 is 0. The molecule has 1 unspecified atom stereocenters. The number of aliphatic carboxylic acids is 1. The van der Waals surface area contributed by atoms with Crippen molar-refractivity contribution >= 4 is 5.97 Å². The van der Waals surface area contributed by atoms with Gasteiger partial charge in [0.05, 0.1) is 11.5 Å². The van der Waals surface area contributed by atoms with Gasteiger partial charge < -0.3 is 20.4 Å². The lowest BCUT2D eigenvalue weighted by Crippen LogP contribution is -2.46. The molecule has 1 saturated carbocycles. The van der Waals surface area contributed by atoms with Gasteiger partial charge in [-0.05, 0) is 46.1 Å². The largest absolute Gasteiger partial charge is 0.481 e. The summed E-state index contributed by atoms with van der Waals surface area (Å²) in [6, 6.07) is 0.575. The van der Waals surface area contributed by atoms with Crippen LogP contribution < -0.4 is 5.32 Å². The number of hydrogen-bond acceptors (Lipinski definition) is 4. The Balaban J connectivity index is 2.20. The molecule has 0 amide bonds. The zero-order valence-electron chi connectivity index (χ0n) is 13.1. The zero-order chi connectivity index (χ0) is 15.2. The number of rotatable bonds is 8. The minimum atomic E-state index is -0.727. The molecular formula is C15H30N2O3. The van der Waals surface area contributed by atoms with Crippen LogP contribution in [-0.4, -0.2) is 59.4 Å². The van der Waals surface area contributed by atoms with Crippen LogP contribution in [0.25, 0.3) is 0 Å². The summed E-state index contributed by atoms with van der Waals surface area (Å²) in [5, 5.41) is 22.7. The highest BCUT2D eigenvalue weighted by atomic mass is 16.4. The average molecular weight is 286 g/mol. The van der Waals surface area contributed by atoms with E-state index in [0.717, 1.165) is 19.5 Å². The van der Waals surface area contributed by atoms with E-state index in [4.69, 9.17) is 5.11 Å². The van der Waals surface area contributed by atoms with Crippen molar-refractivity contribution in [3.63, 3.8) is 0 Å². The highest BCUT2D eigenvalue weighted by molar-refractivity contribution is 5.70. The second-order valence-electron chi connectivity index (χ2n) is 6.25. The number of likely N-dealkylation sites (N-methyl/N-ethyl adjacent to an activating group) is 1. The molecule has 0 aliphatic heterocycles. The molecule has 0 bridgehead atoms. The van der Waals surface area contributed by atoms with Gasteiger partial charge in [-0.2, -0.15) is 0 Å². The predicted molar refractivity (Wildman–Crippen MR) is 79.8 cm³/mol. The first-order valence-corrected chi connectivity index (χ1v) is 7.74. The third-order valence-corrected chi connectivity index (χ3v) is 4.70. The highest BCUT2D eigenvalue weighted by Gasteiger charge is 2.35. The Bertz CT molecular complexity index is 301. The van der Waals surface area contributed by atoms with Crippen LogP contribution in [0, 0.1) is 5.92 Å². The van der Waals surface area contributed by atoms with Gasteiger partial charge in [-0.3, -0.25) is 4.79 Å². The van der Waals surface area contributed by atoms with Gasteiger partial charge in [0.25, 0.3) is 0 Å².